The first-order valence-electron chi connectivity index (χ1n) is 7.81. The van der Waals surface area contributed by atoms with E-state index >= 15 is 0 Å². The summed E-state index contributed by atoms with van der Waals surface area (Å²) in [6.07, 6.45) is 1.73. The van der Waals surface area contributed by atoms with Crippen molar-refractivity contribution in [1.29, 1.82) is 5.26 Å². The second-order valence-corrected chi connectivity index (χ2v) is 7.14. The summed E-state index contributed by atoms with van der Waals surface area (Å²) in [6, 6.07) is 12.8. The van der Waals surface area contributed by atoms with Gasteiger partial charge in [-0.1, -0.05) is 23.2 Å². The van der Waals surface area contributed by atoms with E-state index in [1.165, 1.54) is 11.3 Å². The summed E-state index contributed by atoms with van der Waals surface area (Å²) in [5.74, 6) is 1.31. The van der Waals surface area contributed by atoms with Crippen molar-refractivity contribution in [3.8, 4) is 28.8 Å². The number of nitriles is 1. The largest absolute Gasteiger partial charge is 0.497 e. The second kappa shape index (κ2) is 8.45. The molecule has 3 aromatic rings. The third-order valence-electron chi connectivity index (χ3n) is 3.80. The van der Waals surface area contributed by atoms with E-state index in [2.05, 4.69) is 11.1 Å². The molecule has 0 aliphatic rings. The van der Waals surface area contributed by atoms with Gasteiger partial charge in [0.05, 0.1) is 30.5 Å². The first-order valence-corrected chi connectivity index (χ1v) is 9.44. The summed E-state index contributed by atoms with van der Waals surface area (Å²) < 4.78 is 10.6. The van der Waals surface area contributed by atoms with E-state index in [4.69, 9.17) is 32.7 Å². The molecule has 0 N–H and O–H groups in total. The average Bonchev–Trinajstić information content (AvgIpc) is 3.15. The van der Waals surface area contributed by atoms with Crippen molar-refractivity contribution in [2.45, 2.75) is 0 Å². The van der Waals surface area contributed by atoms with Gasteiger partial charge < -0.3 is 9.47 Å². The number of ether oxygens (including phenoxy) is 2. The average molecular weight is 417 g/mol. The molecule has 4 nitrogen and oxygen atoms in total. The van der Waals surface area contributed by atoms with Gasteiger partial charge in [-0.3, -0.25) is 0 Å². The highest BCUT2D eigenvalue weighted by atomic mass is 35.5. The van der Waals surface area contributed by atoms with E-state index in [0.717, 1.165) is 11.1 Å². The maximum absolute atomic E-state index is 9.63. The maximum atomic E-state index is 9.63. The number of allylic oxidation sites excluding steroid dienone is 1. The molecule has 0 amide bonds. The van der Waals surface area contributed by atoms with Gasteiger partial charge in [0.1, 0.15) is 22.6 Å². The predicted molar refractivity (Wildman–Crippen MR) is 111 cm³/mol. The summed E-state index contributed by atoms with van der Waals surface area (Å²) in [6.45, 7) is 0. The van der Waals surface area contributed by atoms with Gasteiger partial charge in [0.25, 0.3) is 0 Å². The van der Waals surface area contributed by atoms with Gasteiger partial charge in [-0.15, -0.1) is 11.3 Å². The van der Waals surface area contributed by atoms with Gasteiger partial charge in [0.2, 0.25) is 0 Å². The van der Waals surface area contributed by atoms with Gasteiger partial charge >= 0.3 is 0 Å². The van der Waals surface area contributed by atoms with Crippen LogP contribution in [0, 0.1) is 11.3 Å². The molecule has 27 heavy (non-hydrogen) atoms. The zero-order valence-corrected chi connectivity index (χ0v) is 16.8. The molecule has 136 valence electrons. The molecule has 0 aliphatic carbocycles. The Morgan fingerprint density at radius 2 is 1.96 bits per heavy atom. The molecule has 0 saturated carbocycles. The number of rotatable bonds is 5. The molecule has 7 heteroatoms. The van der Waals surface area contributed by atoms with Crippen LogP contribution in [0.3, 0.4) is 0 Å². The number of halogens is 2. The van der Waals surface area contributed by atoms with Crippen LogP contribution in [-0.4, -0.2) is 19.2 Å². The van der Waals surface area contributed by atoms with Crippen LogP contribution >= 0.6 is 34.5 Å². The highest BCUT2D eigenvalue weighted by Gasteiger charge is 2.13. The zero-order chi connectivity index (χ0) is 19.4. The lowest BCUT2D eigenvalue weighted by atomic mass is 10.1. The van der Waals surface area contributed by atoms with Crippen LogP contribution in [0.5, 0.6) is 11.5 Å². The molecule has 3 rings (SSSR count). The fraction of sp³-hybridized carbons (Fsp3) is 0.100. The number of thiazole rings is 1. The monoisotopic (exact) mass is 416 g/mol. The summed E-state index contributed by atoms with van der Waals surface area (Å²) in [4.78, 5) is 4.56. The fourth-order valence-electron chi connectivity index (χ4n) is 2.47. The van der Waals surface area contributed by atoms with Crippen molar-refractivity contribution >= 4 is 46.2 Å². The minimum absolute atomic E-state index is 0.419. The Balaban J connectivity index is 2.01. The van der Waals surface area contributed by atoms with Gasteiger partial charge in [0, 0.05) is 21.5 Å². The van der Waals surface area contributed by atoms with Crippen LogP contribution in [0.15, 0.2) is 41.8 Å². The Morgan fingerprint density at radius 3 is 2.63 bits per heavy atom. The Bertz CT molecular complexity index is 1050. The molecule has 1 heterocycles. The van der Waals surface area contributed by atoms with Crippen LogP contribution in [0.4, 0.5) is 0 Å². The molecule has 0 radical (unpaired) electrons. The third kappa shape index (κ3) is 4.25. The van der Waals surface area contributed by atoms with Crippen LogP contribution in [0.1, 0.15) is 10.6 Å². The minimum atomic E-state index is 0.419. The molecule has 0 spiro atoms. The van der Waals surface area contributed by atoms with Crippen LogP contribution < -0.4 is 9.47 Å². The fourth-order valence-corrected chi connectivity index (χ4v) is 3.76. The lowest BCUT2D eigenvalue weighted by molar-refractivity contribution is 0.402. The maximum Gasteiger partial charge on any atom is 0.134 e. The third-order valence-corrected chi connectivity index (χ3v) is 5.22. The number of hydrogen-bond acceptors (Lipinski definition) is 5. The van der Waals surface area contributed by atoms with Gasteiger partial charge in [-0.2, -0.15) is 5.26 Å². The summed E-state index contributed by atoms with van der Waals surface area (Å²) >= 11 is 13.6. The van der Waals surface area contributed by atoms with E-state index in [-0.39, 0.29) is 0 Å². The van der Waals surface area contributed by atoms with E-state index in [0.29, 0.717) is 37.8 Å². The Morgan fingerprint density at radius 1 is 1.15 bits per heavy atom. The van der Waals surface area contributed by atoms with Crippen molar-refractivity contribution in [3.63, 3.8) is 0 Å². The lowest BCUT2D eigenvalue weighted by Crippen LogP contribution is -1.90. The molecule has 1 aromatic heterocycles. The smallest absolute Gasteiger partial charge is 0.134 e. The molecule has 0 bridgehead atoms. The SMILES string of the molecule is COc1ccc(OC)c(/C=C(/C#N)c2nc(-c3ccc(Cl)cc3Cl)cs2)c1. The van der Waals surface area contributed by atoms with Crippen molar-refractivity contribution in [2.24, 2.45) is 0 Å². The Kier molecular flexibility index (Phi) is 6.02. The quantitative estimate of drug-likeness (QED) is 0.464. The molecule has 2 aromatic carbocycles. The number of methoxy groups -OCH3 is 2. The van der Waals surface area contributed by atoms with Gasteiger partial charge in [-0.25, -0.2) is 4.98 Å². The van der Waals surface area contributed by atoms with E-state index in [9.17, 15) is 5.26 Å². The minimum Gasteiger partial charge on any atom is -0.497 e. The van der Waals surface area contributed by atoms with Gasteiger partial charge in [-0.05, 0) is 42.5 Å². The predicted octanol–water partition coefficient (Wildman–Crippen LogP) is 6.20. The first kappa shape index (κ1) is 19.2. The molecule has 0 saturated heterocycles. The Hall–Kier alpha value is -2.52. The van der Waals surface area contributed by atoms with Crippen LogP contribution in [-0.2, 0) is 0 Å². The lowest BCUT2D eigenvalue weighted by Gasteiger charge is -2.07. The van der Waals surface area contributed by atoms with E-state index in [1.54, 1.807) is 50.6 Å². The van der Waals surface area contributed by atoms with Crippen molar-refractivity contribution in [1.82, 2.24) is 4.98 Å². The molecular formula is C20H14Cl2N2O2S. The first-order chi connectivity index (χ1) is 13.0. The molecule has 0 atom stereocenters. The number of aromatic nitrogens is 1. The molecule has 0 unspecified atom stereocenters. The van der Waals surface area contributed by atoms with Gasteiger partial charge in [0.15, 0.2) is 0 Å². The summed E-state index contributed by atoms with van der Waals surface area (Å²) in [5, 5.41) is 13.1. The van der Waals surface area contributed by atoms with E-state index < -0.39 is 0 Å². The normalized spacial score (nSPS) is 11.1. The number of hydrogen-bond donors (Lipinski definition) is 0. The zero-order valence-electron chi connectivity index (χ0n) is 14.5. The molecule has 0 aliphatic heterocycles. The highest BCUT2D eigenvalue weighted by molar-refractivity contribution is 7.11. The summed E-state index contributed by atoms with van der Waals surface area (Å²) in [5.41, 5.74) is 2.60. The molecule has 0 fully saturated rings. The number of benzene rings is 2. The Labute approximate surface area is 171 Å². The standard InChI is InChI=1S/C20H14Cl2N2O2S/c1-25-15-4-6-19(26-2)12(8-15)7-13(10-23)20-24-18(11-27-20)16-5-3-14(21)9-17(16)22/h3-9,11H,1-2H3/b13-7-. The van der Waals surface area contributed by atoms with E-state index in [1.807, 2.05) is 11.4 Å². The molecular weight excluding hydrogens is 403 g/mol. The second-order valence-electron chi connectivity index (χ2n) is 5.44. The summed E-state index contributed by atoms with van der Waals surface area (Å²) in [7, 11) is 3.17. The van der Waals surface area contributed by atoms with Crippen LogP contribution in [0.2, 0.25) is 10.0 Å². The highest BCUT2D eigenvalue weighted by Crippen LogP contribution is 2.34. The number of nitrogens with zero attached hydrogens (tertiary/aromatic N) is 2. The topological polar surface area (TPSA) is 55.1 Å². The van der Waals surface area contributed by atoms with Crippen LogP contribution in [0.25, 0.3) is 22.9 Å². The van der Waals surface area contributed by atoms with Crippen molar-refractivity contribution in [3.05, 3.63) is 62.4 Å². The van der Waals surface area contributed by atoms with Crippen molar-refractivity contribution in [2.75, 3.05) is 14.2 Å². The van der Waals surface area contributed by atoms with Crippen molar-refractivity contribution < 1.29 is 9.47 Å².